The Bertz CT molecular complexity index is 691. The summed E-state index contributed by atoms with van der Waals surface area (Å²) in [7, 11) is -3.97. The van der Waals surface area contributed by atoms with Gasteiger partial charge >= 0.3 is 5.97 Å². The number of carboxylic acids is 1. The summed E-state index contributed by atoms with van der Waals surface area (Å²) in [5, 5.41) is 27.1. The van der Waals surface area contributed by atoms with Crippen LogP contribution in [0.15, 0.2) is 17.0 Å². The number of carboxylic acid groups (broad SMARTS) is 1. The quantitative estimate of drug-likeness (QED) is 0.728. The van der Waals surface area contributed by atoms with Crippen molar-refractivity contribution in [3.8, 4) is 11.8 Å². The minimum Gasteiger partial charge on any atom is -0.507 e. The van der Waals surface area contributed by atoms with Crippen LogP contribution < -0.4 is 4.72 Å². The second kappa shape index (κ2) is 6.56. The van der Waals surface area contributed by atoms with Gasteiger partial charge in [0.15, 0.2) is 0 Å². The number of benzene rings is 1. The number of aromatic hydroxyl groups is 1. The number of sulfonamides is 1. The number of hydrogen-bond donors (Lipinski definition) is 3. The molecule has 1 unspecified atom stereocenters. The molecule has 1 aromatic rings. The van der Waals surface area contributed by atoms with E-state index in [9.17, 15) is 18.3 Å². The maximum atomic E-state index is 12.3. The molecule has 0 aliphatic heterocycles. The number of carbonyl (C=O) groups is 1. The van der Waals surface area contributed by atoms with Crippen molar-refractivity contribution in [1.29, 1.82) is 5.26 Å². The maximum absolute atomic E-state index is 12.3. The number of phenols is 1. The lowest BCUT2D eigenvalue weighted by molar-refractivity contribution is 0.0693. The summed E-state index contributed by atoms with van der Waals surface area (Å²) in [6, 6.07) is 3.33. The zero-order chi connectivity index (χ0) is 16.2. The third-order valence-electron chi connectivity index (χ3n) is 2.97. The first-order valence-electron chi connectivity index (χ1n) is 6.19. The topological polar surface area (TPSA) is 127 Å². The fourth-order valence-electron chi connectivity index (χ4n) is 1.80. The number of aromatic carboxylic acids is 1. The van der Waals surface area contributed by atoms with E-state index in [2.05, 4.69) is 4.72 Å². The number of rotatable bonds is 6. The van der Waals surface area contributed by atoms with Crippen LogP contribution in [-0.2, 0) is 10.0 Å². The number of nitrogens with one attached hydrogen (secondary N) is 1. The Hall–Kier alpha value is -2.11. The van der Waals surface area contributed by atoms with Crippen molar-refractivity contribution < 1.29 is 23.4 Å². The Morgan fingerprint density at radius 1 is 1.48 bits per heavy atom. The second-order valence-electron chi connectivity index (χ2n) is 4.53. The van der Waals surface area contributed by atoms with Gasteiger partial charge in [0.1, 0.15) is 11.3 Å². The summed E-state index contributed by atoms with van der Waals surface area (Å²) in [5.41, 5.74) is -0.272. The molecule has 3 N–H and O–H groups in total. The molecule has 1 aromatic carbocycles. The summed E-state index contributed by atoms with van der Waals surface area (Å²) in [6.45, 7) is 3.18. The van der Waals surface area contributed by atoms with Crippen LogP contribution in [0.5, 0.6) is 5.75 Å². The van der Waals surface area contributed by atoms with E-state index in [0.717, 1.165) is 12.1 Å². The van der Waals surface area contributed by atoms with Crippen LogP contribution in [0.1, 0.15) is 35.7 Å². The normalized spacial score (nSPS) is 12.6. The third kappa shape index (κ3) is 3.93. The molecule has 7 nitrogen and oxygen atoms in total. The molecule has 21 heavy (non-hydrogen) atoms. The van der Waals surface area contributed by atoms with Crippen molar-refractivity contribution in [2.45, 2.75) is 37.6 Å². The lowest BCUT2D eigenvalue weighted by Crippen LogP contribution is -2.34. The molecule has 0 spiro atoms. The van der Waals surface area contributed by atoms with Crippen LogP contribution in [0.4, 0.5) is 0 Å². The van der Waals surface area contributed by atoms with Gasteiger partial charge in [-0.15, -0.1) is 0 Å². The second-order valence-corrected chi connectivity index (χ2v) is 6.21. The first-order chi connectivity index (χ1) is 9.72. The van der Waals surface area contributed by atoms with Crippen molar-refractivity contribution in [3.05, 3.63) is 23.3 Å². The van der Waals surface area contributed by atoms with Crippen LogP contribution in [0.25, 0.3) is 0 Å². The molecule has 0 aromatic heterocycles. The van der Waals surface area contributed by atoms with Gasteiger partial charge in [-0.3, -0.25) is 0 Å². The molecule has 0 aliphatic rings. The van der Waals surface area contributed by atoms with Crippen molar-refractivity contribution in [3.63, 3.8) is 0 Å². The Labute approximate surface area is 122 Å². The van der Waals surface area contributed by atoms with Gasteiger partial charge < -0.3 is 10.2 Å². The van der Waals surface area contributed by atoms with Gasteiger partial charge in [0.05, 0.1) is 17.4 Å². The summed E-state index contributed by atoms with van der Waals surface area (Å²) in [5.74, 6) is -1.92. The van der Waals surface area contributed by atoms with Crippen LogP contribution in [0.3, 0.4) is 0 Å². The summed E-state index contributed by atoms with van der Waals surface area (Å²) in [4.78, 5) is 10.7. The zero-order valence-corrected chi connectivity index (χ0v) is 12.4. The Kier molecular flexibility index (Phi) is 5.29. The molecule has 0 aliphatic carbocycles. The first-order valence-corrected chi connectivity index (χ1v) is 7.67. The fourth-order valence-corrected chi connectivity index (χ4v) is 3.37. The summed E-state index contributed by atoms with van der Waals surface area (Å²) >= 11 is 0. The molecular weight excluding hydrogens is 296 g/mol. The predicted octanol–water partition coefficient (Wildman–Crippen LogP) is 1.37. The van der Waals surface area contributed by atoms with Crippen molar-refractivity contribution in [1.82, 2.24) is 4.72 Å². The standard InChI is InChI=1S/C13H16N2O5S/c1-3-9(4-5-14)15-21(19,20)12-7-10(13(17)18)11(16)6-8(12)2/h6-7,9,15-16H,3-4H2,1-2H3,(H,17,18). The molecular formula is C13H16N2O5S. The third-order valence-corrected chi connectivity index (χ3v) is 4.63. The van der Waals surface area contributed by atoms with E-state index in [1.54, 1.807) is 6.92 Å². The summed E-state index contributed by atoms with van der Waals surface area (Å²) < 4.78 is 26.9. The lowest BCUT2D eigenvalue weighted by Gasteiger charge is -2.16. The van der Waals surface area contributed by atoms with Gasteiger partial charge in [-0.25, -0.2) is 17.9 Å². The van der Waals surface area contributed by atoms with E-state index in [1.807, 2.05) is 6.07 Å². The van der Waals surface area contributed by atoms with E-state index in [-0.39, 0.29) is 16.9 Å². The number of aryl methyl sites for hydroxylation is 1. The zero-order valence-electron chi connectivity index (χ0n) is 11.6. The van der Waals surface area contributed by atoms with Gasteiger partial charge in [-0.1, -0.05) is 6.92 Å². The first kappa shape index (κ1) is 16.9. The molecule has 0 saturated carbocycles. The predicted molar refractivity (Wildman–Crippen MR) is 74.4 cm³/mol. The molecule has 0 saturated heterocycles. The van der Waals surface area contributed by atoms with Gasteiger partial charge in [-0.2, -0.15) is 5.26 Å². The smallest absolute Gasteiger partial charge is 0.339 e. The van der Waals surface area contributed by atoms with Crippen LogP contribution in [0.2, 0.25) is 0 Å². The molecule has 114 valence electrons. The average Bonchev–Trinajstić information content (AvgIpc) is 2.37. The molecule has 0 amide bonds. The van der Waals surface area contributed by atoms with E-state index in [4.69, 9.17) is 10.4 Å². The number of nitriles is 1. The van der Waals surface area contributed by atoms with E-state index in [0.29, 0.717) is 6.42 Å². The largest absolute Gasteiger partial charge is 0.507 e. The van der Waals surface area contributed by atoms with Gasteiger partial charge in [0.25, 0.3) is 0 Å². The monoisotopic (exact) mass is 312 g/mol. The molecule has 0 radical (unpaired) electrons. The van der Waals surface area contributed by atoms with Crippen molar-refractivity contribution in [2.75, 3.05) is 0 Å². The number of nitrogens with zero attached hydrogens (tertiary/aromatic N) is 1. The molecule has 0 heterocycles. The number of hydrogen-bond acceptors (Lipinski definition) is 5. The summed E-state index contributed by atoms with van der Waals surface area (Å²) in [6.07, 6.45) is 0.439. The minimum atomic E-state index is -3.97. The van der Waals surface area contributed by atoms with Crippen LogP contribution in [0, 0.1) is 18.3 Å². The van der Waals surface area contributed by atoms with Crippen molar-refractivity contribution >= 4 is 16.0 Å². The van der Waals surface area contributed by atoms with Crippen LogP contribution in [-0.4, -0.2) is 30.6 Å². The van der Waals surface area contributed by atoms with E-state index < -0.39 is 33.3 Å². The van der Waals surface area contributed by atoms with E-state index >= 15 is 0 Å². The van der Waals surface area contributed by atoms with Gasteiger partial charge in [0, 0.05) is 6.04 Å². The highest BCUT2D eigenvalue weighted by Gasteiger charge is 2.24. The molecule has 8 heteroatoms. The Balaban J connectivity index is 3.29. The minimum absolute atomic E-state index is 0.0125. The molecule has 0 bridgehead atoms. The van der Waals surface area contributed by atoms with Crippen molar-refractivity contribution in [2.24, 2.45) is 0 Å². The van der Waals surface area contributed by atoms with Crippen LogP contribution >= 0.6 is 0 Å². The Morgan fingerprint density at radius 3 is 2.57 bits per heavy atom. The molecule has 0 fully saturated rings. The fraction of sp³-hybridized carbons (Fsp3) is 0.385. The SMILES string of the molecule is CCC(CC#N)NS(=O)(=O)c1cc(C(=O)O)c(O)cc1C. The molecule has 1 rings (SSSR count). The average molecular weight is 312 g/mol. The highest BCUT2D eigenvalue weighted by atomic mass is 32.2. The van der Waals surface area contributed by atoms with E-state index in [1.165, 1.54) is 6.92 Å². The lowest BCUT2D eigenvalue weighted by atomic mass is 10.1. The maximum Gasteiger partial charge on any atom is 0.339 e. The highest BCUT2D eigenvalue weighted by Crippen LogP contribution is 2.25. The van der Waals surface area contributed by atoms with Gasteiger partial charge in [-0.05, 0) is 31.0 Å². The highest BCUT2D eigenvalue weighted by molar-refractivity contribution is 7.89. The Morgan fingerprint density at radius 2 is 2.10 bits per heavy atom. The molecule has 1 atom stereocenters. The van der Waals surface area contributed by atoms with Gasteiger partial charge in [0.2, 0.25) is 10.0 Å².